The molecule has 1 unspecified atom stereocenters. The standard InChI is InChI=1S/C10H12ClN3O3S/c1-5-4-18-10-13-8(11)7(14(5)10)2-12-6(3-15)9(16)17/h4,6,12,15H,2-3H2,1H3,(H,16,17). The second-order valence-electron chi connectivity index (χ2n) is 3.80. The first-order valence-corrected chi connectivity index (χ1v) is 6.48. The second-order valence-corrected chi connectivity index (χ2v) is 4.99. The van der Waals surface area contributed by atoms with E-state index in [1.54, 1.807) is 0 Å². The van der Waals surface area contributed by atoms with E-state index >= 15 is 0 Å². The quantitative estimate of drug-likeness (QED) is 0.761. The molecule has 0 aromatic carbocycles. The van der Waals surface area contributed by atoms with Crippen LogP contribution in [0.5, 0.6) is 0 Å². The zero-order valence-electron chi connectivity index (χ0n) is 9.55. The first-order chi connectivity index (χ1) is 8.54. The number of imidazole rings is 1. The van der Waals surface area contributed by atoms with Gasteiger partial charge in [0.05, 0.1) is 12.3 Å². The van der Waals surface area contributed by atoms with E-state index in [0.717, 1.165) is 10.7 Å². The van der Waals surface area contributed by atoms with Crippen molar-refractivity contribution in [3.8, 4) is 0 Å². The summed E-state index contributed by atoms with van der Waals surface area (Å²) in [4.78, 5) is 15.7. The Morgan fingerprint density at radius 1 is 1.72 bits per heavy atom. The van der Waals surface area contributed by atoms with Crippen LogP contribution in [-0.2, 0) is 11.3 Å². The Kier molecular flexibility index (Phi) is 3.86. The zero-order chi connectivity index (χ0) is 13.3. The van der Waals surface area contributed by atoms with Crippen molar-refractivity contribution in [2.24, 2.45) is 0 Å². The number of carboxylic acid groups (broad SMARTS) is 1. The van der Waals surface area contributed by atoms with Gasteiger partial charge in [0.15, 0.2) is 10.1 Å². The molecule has 0 fully saturated rings. The highest BCUT2D eigenvalue weighted by atomic mass is 35.5. The highest BCUT2D eigenvalue weighted by molar-refractivity contribution is 7.15. The molecule has 2 aromatic heterocycles. The summed E-state index contributed by atoms with van der Waals surface area (Å²) in [5.74, 6) is -1.10. The van der Waals surface area contributed by atoms with Crippen molar-refractivity contribution in [3.63, 3.8) is 0 Å². The number of aryl methyl sites for hydroxylation is 1. The van der Waals surface area contributed by atoms with Gasteiger partial charge in [-0.2, -0.15) is 0 Å². The lowest BCUT2D eigenvalue weighted by Crippen LogP contribution is -2.39. The number of halogens is 1. The van der Waals surface area contributed by atoms with Crippen molar-refractivity contribution in [2.45, 2.75) is 19.5 Å². The molecular formula is C10H12ClN3O3S. The lowest BCUT2D eigenvalue weighted by Gasteiger charge is -2.11. The minimum absolute atomic E-state index is 0.231. The van der Waals surface area contributed by atoms with Gasteiger partial charge < -0.3 is 10.2 Å². The van der Waals surface area contributed by atoms with Gasteiger partial charge in [0.2, 0.25) is 0 Å². The summed E-state index contributed by atoms with van der Waals surface area (Å²) in [6.45, 7) is 1.68. The fourth-order valence-electron chi connectivity index (χ4n) is 1.64. The number of thiazole rings is 1. The maximum absolute atomic E-state index is 10.8. The lowest BCUT2D eigenvalue weighted by molar-refractivity contribution is -0.140. The molecule has 0 aliphatic carbocycles. The van der Waals surface area contributed by atoms with Crippen LogP contribution in [0.4, 0.5) is 0 Å². The third-order valence-corrected chi connectivity index (χ3v) is 3.82. The molecule has 0 aliphatic heterocycles. The van der Waals surface area contributed by atoms with Crippen LogP contribution in [-0.4, -0.2) is 38.2 Å². The van der Waals surface area contributed by atoms with E-state index in [-0.39, 0.29) is 6.54 Å². The van der Waals surface area contributed by atoms with E-state index in [2.05, 4.69) is 10.3 Å². The molecule has 2 aromatic rings. The van der Waals surface area contributed by atoms with Crippen LogP contribution in [0, 0.1) is 6.92 Å². The van der Waals surface area contributed by atoms with Gasteiger partial charge in [-0.05, 0) is 6.92 Å². The van der Waals surface area contributed by atoms with Crippen LogP contribution in [0.2, 0.25) is 5.15 Å². The Labute approximate surface area is 112 Å². The van der Waals surface area contributed by atoms with Crippen LogP contribution < -0.4 is 5.32 Å². The van der Waals surface area contributed by atoms with Gasteiger partial charge in [-0.25, -0.2) is 4.98 Å². The molecule has 3 N–H and O–H groups in total. The van der Waals surface area contributed by atoms with E-state index in [0.29, 0.717) is 10.8 Å². The van der Waals surface area contributed by atoms with Crippen molar-refractivity contribution >= 4 is 33.9 Å². The molecule has 0 amide bonds. The topological polar surface area (TPSA) is 86.9 Å². The molecule has 0 bridgehead atoms. The van der Waals surface area contributed by atoms with Gasteiger partial charge in [0.25, 0.3) is 0 Å². The van der Waals surface area contributed by atoms with Gasteiger partial charge in [-0.15, -0.1) is 11.3 Å². The van der Waals surface area contributed by atoms with E-state index < -0.39 is 18.6 Å². The van der Waals surface area contributed by atoms with E-state index in [9.17, 15) is 4.79 Å². The van der Waals surface area contributed by atoms with Crippen LogP contribution in [0.3, 0.4) is 0 Å². The van der Waals surface area contributed by atoms with Crippen LogP contribution in [0.25, 0.3) is 4.96 Å². The highest BCUT2D eigenvalue weighted by Gasteiger charge is 2.18. The number of carbonyl (C=O) groups is 1. The SMILES string of the molecule is Cc1csc2nc(Cl)c(CNC(CO)C(=O)O)n12. The molecule has 0 spiro atoms. The van der Waals surface area contributed by atoms with Crippen LogP contribution in [0.1, 0.15) is 11.4 Å². The summed E-state index contributed by atoms with van der Waals surface area (Å²) in [6.07, 6.45) is 0. The molecule has 1 atom stereocenters. The normalized spacial score (nSPS) is 13.1. The predicted molar refractivity (Wildman–Crippen MR) is 68.2 cm³/mol. The number of aliphatic hydroxyl groups is 1. The molecule has 6 nitrogen and oxygen atoms in total. The van der Waals surface area contributed by atoms with Crippen molar-refractivity contribution in [3.05, 3.63) is 21.9 Å². The Hall–Kier alpha value is -1.15. The Balaban J connectivity index is 2.23. The van der Waals surface area contributed by atoms with Gasteiger partial charge in [-0.1, -0.05) is 11.6 Å². The number of aliphatic carboxylic acids is 1. The number of hydrogen-bond donors (Lipinski definition) is 3. The molecule has 0 aliphatic rings. The first kappa shape index (κ1) is 13.3. The Morgan fingerprint density at radius 2 is 2.44 bits per heavy atom. The largest absolute Gasteiger partial charge is 0.480 e. The second kappa shape index (κ2) is 5.23. The molecule has 0 saturated carbocycles. The molecule has 0 saturated heterocycles. The molecule has 2 heterocycles. The number of nitrogens with zero attached hydrogens (tertiary/aromatic N) is 2. The van der Waals surface area contributed by atoms with E-state index in [1.165, 1.54) is 11.3 Å². The molecule has 2 rings (SSSR count). The third-order valence-electron chi connectivity index (χ3n) is 2.58. The smallest absolute Gasteiger partial charge is 0.323 e. The van der Waals surface area contributed by atoms with Crippen molar-refractivity contribution in [1.29, 1.82) is 0 Å². The molecular weight excluding hydrogens is 278 g/mol. The molecule has 98 valence electrons. The number of carboxylic acids is 1. The van der Waals surface area contributed by atoms with Crippen molar-refractivity contribution in [2.75, 3.05) is 6.61 Å². The maximum Gasteiger partial charge on any atom is 0.323 e. The summed E-state index contributed by atoms with van der Waals surface area (Å²) >= 11 is 7.48. The monoisotopic (exact) mass is 289 g/mol. The number of fused-ring (bicyclic) bond motifs is 1. The number of hydrogen-bond acceptors (Lipinski definition) is 5. The third kappa shape index (κ3) is 2.35. The zero-order valence-corrected chi connectivity index (χ0v) is 11.1. The average Bonchev–Trinajstić information content (AvgIpc) is 2.81. The van der Waals surface area contributed by atoms with Gasteiger partial charge in [0.1, 0.15) is 6.04 Å². The highest BCUT2D eigenvalue weighted by Crippen LogP contribution is 2.23. The number of rotatable bonds is 5. The summed E-state index contributed by atoms with van der Waals surface area (Å²) < 4.78 is 1.87. The summed E-state index contributed by atoms with van der Waals surface area (Å²) in [5, 5.41) is 22.8. The van der Waals surface area contributed by atoms with Crippen molar-refractivity contribution in [1.82, 2.24) is 14.7 Å². The minimum atomic E-state index is -1.10. The molecule has 8 heteroatoms. The van der Waals surface area contributed by atoms with Crippen LogP contribution >= 0.6 is 22.9 Å². The van der Waals surface area contributed by atoms with Gasteiger partial charge in [-0.3, -0.25) is 14.5 Å². The summed E-state index contributed by atoms with van der Waals surface area (Å²) in [7, 11) is 0. The Bertz CT molecular complexity index is 580. The number of nitrogens with one attached hydrogen (secondary N) is 1. The molecule has 0 radical (unpaired) electrons. The minimum Gasteiger partial charge on any atom is -0.480 e. The summed E-state index contributed by atoms with van der Waals surface area (Å²) in [6, 6.07) is -1.01. The van der Waals surface area contributed by atoms with E-state index in [4.69, 9.17) is 21.8 Å². The van der Waals surface area contributed by atoms with Gasteiger partial charge in [0, 0.05) is 17.6 Å². The fourth-order valence-corrected chi connectivity index (χ4v) is 2.81. The van der Waals surface area contributed by atoms with E-state index in [1.807, 2.05) is 16.7 Å². The molecule has 18 heavy (non-hydrogen) atoms. The predicted octanol–water partition coefficient (Wildman–Crippen LogP) is 0.893. The Morgan fingerprint density at radius 3 is 3.06 bits per heavy atom. The van der Waals surface area contributed by atoms with Crippen LogP contribution in [0.15, 0.2) is 5.38 Å². The first-order valence-electron chi connectivity index (χ1n) is 5.22. The van der Waals surface area contributed by atoms with Gasteiger partial charge >= 0.3 is 5.97 Å². The number of aromatic nitrogens is 2. The summed E-state index contributed by atoms with van der Waals surface area (Å²) in [5.41, 5.74) is 1.69. The lowest BCUT2D eigenvalue weighted by atomic mass is 10.3. The van der Waals surface area contributed by atoms with Crippen molar-refractivity contribution < 1.29 is 15.0 Å². The average molecular weight is 290 g/mol. The maximum atomic E-state index is 10.8. The fraction of sp³-hybridized carbons (Fsp3) is 0.400. The number of aliphatic hydroxyl groups excluding tert-OH is 1.